The second-order valence-corrected chi connectivity index (χ2v) is 4.74. The van der Waals surface area contributed by atoms with Crippen molar-refractivity contribution < 1.29 is 5.11 Å². The van der Waals surface area contributed by atoms with E-state index < -0.39 is 0 Å². The molecule has 2 heterocycles. The van der Waals surface area contributed by atoms with Crippen LogP contribution in [0.4, 0.5) is 0 Å². The minimum atomic E-state index is -0.358. The van der Waals surface area contributed by atoms with Gasteiger partial charge in [0.1, 0.15) is 0 Å². The highest BCUT2D eigenvalue weighted by Crippen LogP contribution is 2.40. The summed E-state index contributed by atoms with van der Waals surface area (Å²) in [4.78, 5) is 4.23. The molecule has 4 nitrogen and oxygen atoms in total. The summed E-state index contributed by atoms with van der Waals surface area (Å²) in [6.45, 7) is 2.11. The van der Waals surface area contributed by atoms with E-state index in [4.69, 9.17) is 0 Å². The maximum absolute atomic E-state index is 9.79. The van der Waals surface area contributed by atoms with Crippen LogP contribution in [0.25, 0.3) is 5.13 Å². The molecule has 0 spiro atoms. The average Bonchev–Trinajstić information content (AvgIpc) is 2.88. The van der Waals surface area contributed by atoms with Gasteiger partial charge in [0.05, 0.1) is 18.0 Å². The number of nitrogens with zero attached hydrogens (tertiary/aromatic N) is 3. The molecule has 0 radical (unpaired) electrons. The Bertz CT molecular complexity index is 477. The van der Waals surface area contributed by atoms with Gasteiger partial charge in [0.2, 0.25) is 5.13 Å². The maximum atomic E-state index is 9.79. The van der Waals surface area contributed by atoms with E-state index in [0.717, 1.165) is 22.8 Å². The largest absolute Gasteiger partial charge is 0.388 e. The summed E-state index contributed by atoms with van der Waals surface area (Å²) in [6.07, 6.45) is 3.96. The maximum Gasteiger partial charge on any atom is 0.210 e. The Morgan fingerprint density at radius 1 is 1.60 bits per heavy atom. The van der Waals surface area contributed by atoms with Crippen LogP contribution < -0.4 is 0 Å². The molecule has 0 saturated carbocycles. The van der Waals surface area contributed by atoms with Crippen LogP contribution in [0.1, 0.15) is 36.6 Å². The fraction of sp³-hybridized carbons (Fsp3) is 0.400. The zero-order valence-electron chi connectivity index (χ0n) is 8.29. The normalized spacial score (nSPS) is 24.4. The van der Waals surface area contributed by atoms with Gasteiger partial charge in [-0.2, -0.15) is 5.10 Å². The van der Waals surface area contributed by atoms with Gasteiger partial charge in [0, 0.05) is 23.1 Å². The van der Waals surface area contributed by atoms with Gasteiger partial charge < -0.3 is 5.11 Å². The van der Waals surface area contributed by atoms with Crippen LogP contribution in [0.3, 0.4) is 0 Å². The van der Waals surface area contributed by atoms with Crippen molar-refractivity contribution in [2.75, 3.05) is 0 Å². The average molecular weight is 221 g/mol. The van der Waals surface area contributed by atoms with Crippen LogP contribution >= 0.6 is 11.3 Å². The number of hydrogen-bond donors (Lipinski definition) is 1. The highest BCUT2D eigenvalue weighted by molar-refractivity contribution is 7.12. The molecule has 5 heteroatoms. The zero-order valence-corrected chi connectivity index (χ0v) is 9.11. The fourth-order valence-electron chi connectivity index (χ4n) is 2.17. The molecule has 2 unspecified atom stereocenters. The van der Waals surface area contributed by atoms with Gasteiger partial charge in [0.25, 0.3) is 0 Å². The Kier molecular flexibility index (Phi) is 1.90. The summed E-state index contributed by atoms with van der Waals surface area (Å²) in [5.41, 5.74) is 2.06. The lowest BCUT2D eigenvalue weighted by atomic mass is 10.1. The van der Waals surface area contributed by atoms with Crippen LogP contribution in [0.5, 0.6) is 0 Å². The molecule has 0 saturated heterocycles. The van der Waals surface area contributed by atoms with Crippen LogP contribution in [-0.2, 0) is 0 Å². The lowest BCUT2D eigenvalue weighted by Gasteiger charge is -2.05. The molecule has 0 amide bonds. The van der Waals surface area contributed by atoms with Gasteiger partial charge in [-0.3, -0.25) is 0 Å². The second-order valence-electron chi connectivity index (χ2n) is 3.86. The van der Waals surface area contributed by atoms with Gasteiger partial charge in [-0.15, -0.1) is 11.3 Å². The van der Waals surface area contributed by atoms with Crippen molar-refractivity contribution in [3.05, 3.63) is 29.0 Å². The smallest absolute Gasteiger partial charge is 0.210 e. The van der Waals surface area contributed by atoms with Crippen molar-refractivity contribution in [2.24, 2.45) is 0 Å². The Balaban J connectivity index is 2.16. The summed E-state index contributed by atoms with van der Waals surface area (Å²) >= 11 is 1.56. The predicted molar refractivity (Wildman–Crippen MR) is 57.2 cm³/mol. The van der Waals surface area contributed by atoms with Crippen molar-refractivity contribution in [3.63, 3.8) is 0 Å². The number of hydrogen-bond acceptors (Lipinski definition) is 4. The Labute approximate surface area is 91.2 Å². The van der Waals surface area contributed by atoms with E-state index in [1.165, 1.54) is 0 Å². The van der Waals surface area contributed by atoms with E-state index in [-0.39, 0.29) is 6.10 Å². The third-order valence-electron chi connectivity index (χ3n) is 2.84. The number of aliphatic hydroxyl groups excluding tert-OH is 1. The topological polar surface area (TPSA) is 50.9 Å². The molecule has 3 rings (SSSR count). The van der Waals surface area contributed by atoms with Crippen molar-refractivity contribution in [2.45, 2.75) is 25.4 Å². The minimum absolute atomic E-state index is 0.349. The standard InChI is InChI=1S/C10H11N3OS/c1-6-4-8(14)7-5-12-13(9(6)7)10-11-2-3-15-10/h2-3,5-6,8,14H,4H2,1H3. The van der Waals surface area contributed by atoms with E-state index in [2.05, 4.69) is 17.0 Å². The molecule has 2 aromatic rings. The molecular weight excluding hydrogens is 210 g/mol. The van der Waals surface area contributed by atoms with Crippen molar-refractivity contribution in [3.8, 4) is 5.13 Å². The van der Waals surface area contributed by atoms with Crippen LogP contribution in [-0.4, -0.2) is 19.9 Å². The van der Waals surface area contributed by atoms with Gasteiger partial charge in [-0.25, -0.2) is 9.67 Å². The molecule has 1 aliphatic rings. The molecule has 0 aliphatic heterocycles. The number of rotatable bonds is 1. The minimum Gasteiger partial charge on any atom is -0.388 e. The van der Waals surface area contributed by atoms with E-state index in [0.29, 0.717) is 5.92 Å². The first-order valence-electron chi connectivity index (χ1n) is 4.93. The first-order chi connectivity index (χ1) is 7.27. The van der Waals surface area contributed by atoms with Crippen LogP contribution in [0.15, 0.2) is 17.8 Å². The molecule has 15 heavy (non-hydrogen) atoms. The van der Waals surface area contributed by atoms with E-state index in [9.17, 15) is 5.11 Å². The third-order valence-corrected chi connectivity index (χ3v) is 3.59. The quantitative estimate of drug-likeness (QED) is 0.799. The van der Waals surface area contributed by atoms with Crippen LogP contribution in [0, 0.1) is 0 Å². The first-order valence-corrected chi connectivity index (χ1v) is 5.81. The molecule has 0 fully saturated rings. The number of fused-ring (bicyclic) bond motifs is 1. The van der Waals surface area contributed by atoms with Crippen LogP contribution in [0.2, 0.25) is 0 Å². The molecule has 0 aromatic carbocycles. The summed E-state index contributed by atoms with van der Waals surface area (Å²) < 4.78 is 1.85. The number of thiazole rings is 1. The van der Waals surface area contributed by atoms with Crippen molar-refractivity contribution in [1.29, 1.82) is 0 Å². The first kappa shape index (κ1) is 9.06. The summed E-state index contributed by atoms with van der Waals surface area (Å²) in [6, 6.07) is 0. The Hall–Kier alpha value is -1.20. The van der Waals surface area contributed by atoms with Gasteiger partial charge >= 0.3 is 0 Å². The fourth-order valence-corrected chi connectivity index (χ4v) is 2.78. The van der Waals surface area contributed by atoms with E-state index in [1.807, 2.05) is 10.1 Å². The lowest BCUT2D eigenvalue weighted by molar-refractivity contribution is 0.174. The highest BCUT2D eigenvalue weighted by atomic mass is 32.1. The Morgan fingerprint density at radius 2 is 2.47 bits per heavy atom. The monoisotopic (exact) mass is 221 g/mol. The zero-order chi connectivity index (χ0) is 10.4. The molecule has 2 atom stereocenters. The number of aromatic nitrogens is 3. The molecule has 78 valence electrons. The summed E-state index contributed by atoms with van der Waals surface area (Å²) in [5, 5.41) is 16.9. The van der Waals surface area contributed by atoms with Crippen molar-refractivity contribution in [1.82, 2.24) is 14.8 Å². The summed E-state index contributed by atoms with van der Waals surface area (Å²) in [5.74, 6) is 0.349. The van der Waals surface area contributed by atoms with Gasteiger partial charge in [-0.05, 0) is 6.42 Å². The summed E-state index contributed by atoms with van der Waals surface area (Å²) in [7, 11) is 0. The number of aliphatic hydroxyl groups is 1. The van der Waals surface area contributed by atoms with Gasteiger partial charge in [0.15, 0.2) is 0 Å². The molecule has 0 bridgehead atoms. The molecular formula is C10H11N3OS. The SMILES string of the molecule is CC1CC(O)c2cnn(-c3nccs3)c21. The van der Waals surface area contributed by atoms with Gasteiger partial charge in [-0.1, -0.05) is 6.92 Å². The lowest BCUT2D eigenvalue weighted by Crippen LogP contribution is -2.02. The predicted octanol–water partition coefficient (Wildman–Crippen LogP) is 1.87. The highest BCUT2D eigenvalue weighted by Gasteiger charge is 2.31. The molecule has 2 aromatic heterocycles. The van der Waals surface area contributed by atoms with Crippen molar-refractivity contribution >= 4 is 11.3 Å². The molecule has 1 aliphatic carbocycles. The molecule has 1 N–H and O–H groups in total. The third kappa shape index (κ3) is 1.23. The Morgan fingerprint density at radius 3 is 3.20 bits per heavy atom. The van der Waals surface area contributed by atoms with E-state index in [1.54, 1.807) is 23.7 Å². The van der Waals surface area contributed by atoms with E-state index >= 15 is 0 Å². The second kappa shape index (κ2) is 3.15.